The van der Waals surface area contributed by atoms with Gasteiger partial charge in [0.15, 0.2) is 15.4 Å². The van der Waals surface area contributed by atoms with Crippen molar-refractivity contribution < 1.29 is 23.1 Å². The molecule has 1 aliphatic heterocycles. The predicted octanol–water partition coefficient (Wildman–Crippen LogP) is -0.725. The van der Waals surface area contributed by atoms with Crippen LogP contribution in [0, 0.1) is 0 Å². The fraction of sp³-hybridized carbons (Fsp3) is 0.833. The van der Waals surface area contributed by atoms with E-state index in [9.17, 15) is 13.2 Å². The van der Waals surface area contributed by atoms with E-state index in [1.165, 1.54) is 7.11 Å². The second-order valence-corrected chi connectivity index (χ2v) is 5.03. The van der Waals surface area contributed by atoms with E-state index in [2.05, 4.69) is 0 Å². The number of carboxylic acids is 1. The van der Waals surface area contributed by atoms with Gasteiger partial charge in [0.1, 0.15) is 0 Å². The van der Waals surface area contributed by atoms with Crippen molar-refractivity contribution in [2.75, 3.05) is 18.6 Å². The van der Waals surface area contributed by atoms with Crippen LogP contribution < -0.4 is 0 Å². The highest BCUT2D eigenvalue weighted by atomic mass is 32.2. The molecule has 0 aromatic rings. The second kappa shape index (κ2) is 2.70. The number of aliphatic carboxylic acids is 1. The lowest BCUT2D eigenvalue weighted by molar-refractivity contribution is -0.159. The molecule has 0 aromatic carbocycles. The Morgan fingerprint density at radius 1 is 1.58 bits per heavy atom. The maximum atomic E-state index is 11.0. The Bertz CT molecular complexity index is 293. The minimum absolute atomic E-state index is 0.0428. The van der Waals surface area contributed by atoms with Gasteiger partial charge in [0.25, 0.3) is 0 Å². The number of ether oxygens (including phenoxy) is 1. The van der Waals surface area contributed by atoms with E-state index in [4.69, 9.17) is 9.84 Å². The molecule has 6 heteroatoms. The topological polar surface area (TPSA) is 80.7 Å². The Morgan fingerprint density at radius 3 is 2.33 bits per heavy atom. The van der Waals surface area contributed by atoms with Gasteiger partial charge in [0.2, 0.25) is 0 Å². The van der Waals surface area contributed by atoms with E-state index in [1.807, 2.05) is 0 Å². The standard InChI is InChI=1S/C6H10O5S/c1-11-6(5(7)8)2-3-12(9,10)4-6/h2-4H2,1H3,(H,7,8)/t6-/m0/s1. The highest BCUT2D eigenvalue weighted by Crippen LogP contribution is 2.26. The normalized spacial score (nSPS) is 33.4. The molecule has 0 spiro atoms. The van der Waals surface area contributed by atoms with Gasteiger partial charge in [-0.1, -0.05) is 0 Å². The third kappa shape index (κ3) is 1.44. The van der Waals surface area contributed by atoms with Crippen LogP contribution in [0.2, 0.25) is 0 Å². The maximum absolute atomic E-state index is 11.0. The van der Waals surface area contributed by atoms with Crippen molar-refractivity contribution in [2.24, 2.45) is 0 Å². The van der Waals surface area contributed by atoms with Crippen LogP contribution in [-0.4, -0.2) is 43.7 Å². The summed E-state index contributed by atoms with van der Waals surface area (Å²) in [4.78, 5) is 10.7. The molecule has 5 nitrogen and oxygen atoms in total. The molecule has 1 N–H and O–H groups in total. The maximum Gasteiger partial charge on any atom is 0.337 e. The van der Waals surface area contributed by atoms with Crippen molar-refractivity contribution in [1.29, 1.82) is 0 Å². The molecule has 1 rings (SSSR count). The minimum Gasteiger partial charge on any atom is -0.479 e. The first-order chi connectivity index (χ1) is 5.42. The summed E-state index contributed by atoms with van der Waals surface area (Å²) < 4.78 is 26.6. The summed E-state index contributed by atoms with van der Waals surface area (Å²) in [5, 5.41) is 8.71. The molecule has 1 fully saturated rings. The summed E-state index contributed by atoms with van der Waals surface area (Å²) in [7, 11) is -2.00. The van der Waals surface area contributed by atoms with Crippen molar-refractivity contribution in [3.05, 3.63) is 0 Å². The van der Waals surface area contributed by atoms with Crippen molar-refractivity contribution >= 4 is 15.8 Å². The number of methoxy groups -OCH3 is 1. The second-order valence-electron chi connectivity index (χ2n) is 2.85. The van der Waals surface area contributed by atoms with Crippen LogP contribution in [0.25, 0.3) is 0 Å². The Morgan fingerprint density at radius 2 is 2.17 bits per heavy atom. The molecule has 1 saturated heterocycles. The first-order valence-corrected chi connectivity index (χ1v) is 5.23. The summed E-state index contributed by atoms with van der Waals surface area (Å²) in [6.45, 7) is 0. The summed E-state index contributed by atoms with van der Waals surface area (Å²) in [5.74, 6) is -1.72. The van der Waals surface area contributed by atoms with E-state index in [0.29, 0.717) is 0 Å². The van der Waals surface area contributed by atoms with Crippen LogP contribution in [0.3, 0.4) is 0 Å². The highest BCUT2D eigenvalue weighted by molar-refractivity contribution is 7.91. The summed E-state index contributed by atoms with van der Waals surface area (Å²) >= 11 is 0. The molecule has 1 aliphatic rings. The highest BCUT2D eigenvalue weighted by Gasteiger charge is 2.48. The third-order valence-electron chi connectivity index (χ3n) is 2.05. The van der Waals surface area contributed by atoms with Crippen molar-refractivity contribution in [3.63, 3.8) is 0 Å². The van der Waals surface area contributed by atoms with Crippen LogP contribution in [0.1, 0.15) is 6.42 Å². The molecule has 0 amide bonds. The first kappa shape index (κ1) is 9.47. The average Bonchev–Trinajstić information content (AvgIpc) is 2.27. The quantitative estimate of drug-likeness (QED) is 0.627. The zero-order chi connectivity index (χ0) is 9.41. The fourth-order valence-electron chi connectivity index (χ4n) is 1.24. The van der Waals surface area contributed by atoms with Gasteiger partial charge in [0.05, 0.1) is 11.5 Å². The Labute approximate surface area is 70.3 Å². The zero-order valence-electron chi connectivity index (χ0n) is 6.61. The van der Waals surface area contributed by atoms with Gasteiger partial charge in [-0.3, -0.25) is 0 Å². The van der Waals surface area contributed by atoms with E-state index >= 15 is 0 Å². The van der Waals surface area contributed by atoms with Gasteiger partial charge in [-0.2, -0.15) is 0 Å². The Hall–Kier alpha value is -0.620. The van der Waals surface area contributed by atoms with Crippen LogP contribution in [0.15, 0.2) is 0 Å². The Balaban J connectivity index is 2.95. The molecule has 0 radical (unpaired) electrons. The number of rotatable bonds is 2. The zero-order valence-corrected chi connectivity index (χ0v) is 7.43. The number of carbonyl (C=O) groups is 1. The molecule has 12 heavy (non-hydrogen) atoms. The van der Waals surface area contributed by atoms with Gasteiger partial charge in [-0.05, 0) is 0 Å². The van der Waals surface area contributed by atoms with Crippen molar-refractivity contribution in [3.8, 4) is 0 Å². The average molecular weight is 194 g/mol. The van der Waals surface area contributed by atoms with Crippen LogP contribution in [0.5, 0.6) is 0 Å². The Kier molecular flexibility index (Phi) is 2.13. The van der Waals surface area contributed by atoms with E-state index in [1.54, 1.807) is 0 Å². The van der Waals surface area contributed by atoms with Gasteiger partial charge >= 0.3 is 5.97 Å². The van der Waals surface area contributed by atoms with E-state index in [0.717, 1.165) is 0 Å². The predicted molar refractivity (Wildman–Crippen MR) is 40.6 cm³/mol. The van der Waals surface area contributed by atoms with Gasteiger partial charge < -0.3 is 9.84 Å². The van der Waals surface area contributed by atoms with Crippen molar-refractivity contribution in [1.82, 2.24) is 0 Å². The van der Waals surface area contributed by atoms with E-state index in [-0.39, 0.29) is 12.2 Å². The van der Waals surface area contributed by atoms with Crippen LogP contribution >= 0.6 is 0 Å². The lowest BCUT2D eigenvalue weighted by atomic mass is 10.0. The molecule has 1 heterocycles. The molecule has 70 valence electrons. The molecular weight excluding hydrogens is 184 g/mol. The van der Waals surface area contributed by atoms with E-state index < -0.39 is 27.2 Å². The summed E-state index contributed by atoms with van der Waals surface area (Å²) in [5.41, 5.74) is -1.50. The third-order valence-corrected chi connectivity index (χ3v) is 3.78. The number of hydrogen-bond donors (Lipinski definition) is 1. The van der Waals surface area contributed by atoms with Crippen LogP contribution in [-0.2, 0) is 19.4 Å². The molecule has 0 aliphatic carbocycles. The lowest BCUT2D eigenvalue weighted by Gasteiger charge is -2.19. The summed E-state index contributed by atoms with van der Waals surface area (Å²) in [6, 6.07) is 0. The SMILES string of the molecule is CO[C@@]1(C(=O)O)CCS(=O)(=O)C1. The lowest BCUT2D eigenvalue weighted by Crippen LogP contribution is -2.41. The largest absolute Gasteiger partial charge is 0.479 e. The number of carboxylic acid groups (broad SMARTS) is 1. The molecule has 0 unspecified atom stereocenters. The summed E-state index contributed by atoms with van der Waals surface area (Å²) in [6.07, 6.45) is 0.0428. The molecule has 0 bridgehead atoms. The number of hydrogen-bond acceptors (Lipinski definition) is 4. The van der Waals surface area contributed by atoms with Gasteiger partial charge in [-0.25, -0.2) is 13.2 Å². The minimum atomic E-state index is -3.22. The van der Waals surface area contributed by atoms with Gasteiger partial charge in [-0.15, -0.1) is 0 Å². The molecular formula is C6H10O5S. The smallest absolute Gasteiger partial charge is 0.337 e. The molecule has 0 saturated carbocycles. The number of sulfone groups is 1. The monoisotopic (exact) mass is 194 g/mol. The fourth-order valence-corrected chi connectivity index (χ4v) is 3.12. The van der Waals surface area contributed by atoms with Gasteiger partial charge in [0, 0.05) is 13.5 Å². The first-order valence-electron chi connectivity index (χ1n) is 3.41. The molecule has 0 aromatic heterocycles. The van der Waals surface area contributed by atoms with Crippen molar-refractivity contribution in [2.45, 2.75) is 12.0 Å². The molecule has 1 atom stereocenters. The van der Waals surface area contributed by atoms with Crippen LogP contribution in [0.4, 0.5) is 0 Å².